The number of piperazine rings is 1. The Kier molecular flexibility index (Phi) is 5.02. The maximum absolute atomic E-state index is 11.5. The number of ketones is 1. The quantitative estimate of drug-likeness (QED) is 0.501. The molecule has 1 aliphatic carbocycles. The third-order valence-corrected chi connectivity index (χ3v) is 6.75. The summed E-state index contributed by atoms with van der Waals surface area (Å²) in [6, 6.07) is 12.4. The number of aromatic nitrogens is 3. The van der Waals surface area contributed by atoms with Gasteiger partial charge in [0.1, 0.15) is 17.1 Å². The molecule has 1 aromatic carbocycles. The van der Waals surface area contributed by atoms with E-state index in [1.54, 1.807) is 10.7 Å². The maximum Gasteiger partial charge on any atom is 0.231 e. The van der Waals surface area contributed by atoms with E-state index in [0.29, 0.717) is 37.2 Å². The van der Waals surface area contributed by atoms with Gasteiger partial charge >= 0.3 is 0 Å². The lowest BCUT2D eigenvalue weighted by molar-refractivity contribution is -0.117. The summed E-state index contributed by atoms with van der Waals surface area (Å²) in [4.78, 5) is 18.5. The summed E-state index contributed by atoms with van der Waals surface area (Å²) in [5.74, 6) is 1.84. The minimum Gasteiger partial charge on any atom is -0.476 e. The van der Waals surface area contributed by atoms with E-state index < -0.39 is 0 Å². The number of hydrogen-bond acceptors (Lipinski definition) is 7. The molecular formula is C25H27N5O3. The fourth-order valence-corrected chi connectivity index (χ4v) is 4.96. The summed E-state index contributed by atoms with van der Waals surface area (Å²) in [5, 5.41) is 9.20. The smallest absolute Gasteiger partial charge is 0.231 e. The highest BCUT2D eigenvalue weighted by Crippen LogP contribution is 2.35. The average molecular weight is 446 g/mol. The topological polar surface area (TPSA) is 84.9 Å². The van der Waals surface area contributed by atoms with Gasteiger partial charge in [-0.25, -0.2) is 9.50 Å². The Balaban J connectivity index is 1.32. The number of fused-ring (bicyclic) bond motifs is 2. The molecule has 8 heteroatoms. The molecule has 170 valence electrons. The first-order chi connectivity index (χ1) is 16.2. The van der Waals surface area contributed by atoms with Crippen LogP contribution in [0.15, 0.2) is 47.0 Å². The molecule has 4 aromatic rings. The lowest BCUT2D eigenvalue weighted by atomic mass is 10.1. The molecule has 0 radical (unpaired) electrons. The lowest BCUT2D eigenvalue weighted by Crippen LogP contribution is -2.49. The Hall–Kier alpha value is -3.39. The Morgan fingerprint density at radius 1 is 1.27 bits per heavy atom. The summed E-state index contributed by atoms with van der Waals surface area (Å²) in [6.45, 7) is 5.65. The number of hydrogen-bond donors (Lipinski definition) is 1. The van der Waals surface area contributed by atoms with Crippen molar-refractivity contribution in [1.82, 2.24) is 19.9 Å². The summed E-state index contributed by atoms with van der Waals surface area (Å²) < 4.78 is 13.9. The molecule has 0 amide bonds. The van der Waals surface area contributed by atoms with Crippen molar-refractivity contribution in [2.24, 2.45) is 5.92 Å². The van der Waals surface area contributed by atoms with Crippen molar-refractivity contribution in [2.75, 3.05) is 31.1 Å². The number of anilines is 1. The summed E-state index contributed by atoms with van der Waals surface area (Å²) in [5.41, 5.74) is 3.54. The van der Waals surface area contributed by atoms with Gasteiger partial charge in [0, 0.05) is 61.6 Å². The second-order valence-corrected chi connectivity index (χ2v) is 9.09. The van der Waals surface area contributed by atoms with Crippen molar-refractivity contribution >= 4 is 28.1 Å². The van der Waals surface area contributed by atoms with E-state index in [1.807, 2.05) is 24.3 Å². The molecule has 3 aromatic heterocycles. The number of carbonyl (C=O) groups excluding carboxylic acids is 1. The molecular weight excluding hydrogens is 418 g/mol. The molecule has 6 rings (SSSR count). The Morgan fingerprint density at radius 3 is 3.06 bits per heavy atom. The molecule has 8 nitrogen and oxygen atoms in total. The highest BCUT2D eigenvalue weighted by molar-refractivity contribution is 5.94. The van der Waals surface area contributed by atoms with Gasteiger partial charge in [-0.05, 0) is 37.6 Å². The lowest BCUT2D eigenvalue weighted by Gasteiger charge is -2.36. The zero-order valence-electron chi connectivity index (χ0n) is 18.7. The fourth-order valence-electron chi connectivity index (χ4n) is 4.96. The van der Waals surface area contributed by atoms with E-state index in [-0.39, 0.29) is 5.92 Å². The molecule has 2 atom stereocenters. The molecule has 0 bridgehead atoms. The number of carbonyl (C=O) groups is 1. The summed E-state index contributed by atoms with van der Waals surface area (Å²) in [6.07, 6.45) is 3.94. The van der Waals surface area contributed by atoms with Crippen LogP contribution in [-0.2, 0) is 4.79 Å². The van der Waals surface area contributed by atoms with Crippen LogP contribution in [0.25, 0.3) is 28.1 Å². The third-order valence-electron chi connectivity index (χ3n) is 6.75. The minimum absolute atomic E-state index is 0.276. The molecule has 4 heterocycles. The van der Waals surface area contributed by atoms with Gasteiger partial charge in [0.25, 0.3) is 0 Å². The van der Waals surface area contributed by atoms with Crippen LogP contribution in [0.4, 0.5) is 5.69 Å². The number of nitrogens with one attached hydrogen (secondary N) is 1. The van der Waals surface area contributed by atoms with E-state index in [2.05, 4.69) is 39.4 Å². The number of benzene rings is 1. The molecule has 2 aliphatic rings. The normalized spacial score (nSPS) is 21.4. The highest BCUT2D eigenvalue weighted by Gasteiger charge is 2.24. The molecule has 1 aliphatic heterocycles. The van der Waals surface area contributed by atoms with Crippen molar-refractivity contribution in [1.29, 1.82) is 0 Å². The van der Waals surface area contributed by atoms with Crippen molar-refractivity contribution in [3.63, 3.8) is 0 Å². The zero-order chi connectivity index (χ0) is 22.4. The van der Waals surface area contributed by atoms with Crippen LogP contribution in [0, 0.1) is 5.92 Å². The van der Waals surface area contributed by atoms with Gasteiger partial charge in [-0.15, -0.1) is 5.10 Å². The first kappa shape index (κ1) is 20.2. The largest absolute Gasteiger partial charge is 0.476 e. The number of Topliss-reactive ketones (excluding diaryl/α,β-unsaturated/α-hetero) is 1. The molecule has 0 spiro atoms. The Labute approximate surface area is 191 Å². The van der Waals surface area contributed by atoms with E-state index in [1.165, 1.54) is 5.69 Å². The van der Waals surface area contributed by atoms with Gasteiger partial charge in [0.15, 0.2) is 11.4 Å². The van der Waals surface area contributed by atoms with Crippen LogP contribution in [0.2, 0.25) is 0 Å². The van der Waals surface area contributed by atoms with Crippen molar-refractivity contribution < 1.29 is 13.9 Å². The number of nitrogens with zero attached hydrogens (tertiary/aromatic N) is 4. The second kappa shape index (κ2) is 8.19. The van der Waals surface area contributed by atoms with Crippen LogP contribution in [0.1, 0.15) is 26.2 Å². The molecule has 0 unspecified atom stereocenters. The molecule has 33 heavy (non-hydrogen) atoms. The van der Waals surface area contributed by atoms with E-state index in [9.17, 15) is 4.79 Å². The maximum atomic E-state index is 11.5. The van der Waals surface area contributed by atoms with Crippen LogP contribution < -0.4 is 15.0 Å². The van der Waals surface area contributed by atoms with Gasteiger partial charge < -0.3 is 19.4 Å². The fraction of sp³-hybridized carbons (Fsp3) is 0.400. The van der Waals surface area contributed by atoms with Crippen LogP contribution in [-0.4, -0.2) is 52.7 Å². The Morgan fingerprint density at radius 2 is 2.21 bits per heavy atom. The van der Waals surface area contributed by atoms with Crippen molar-refractivity contribution in [2.45, 2.75) is 32.2 Å². The van der Waals surface area contributed by atoms with Crippen LogP contribution >= 0.6 is 0 Å². The number of rotatable bonds is 5. The minimum atomic E-state index is 0.276. The molecule has 1 saturated heterocycles. The van der Waals surface area contributed by atoms with E-state index >= 15 is 0 Å². The van der Waals surface area contributed by atoms with Gasteiger partial charge in [0.2, 0.25) is 5.88 Å². The molecule has 2 fully saturated rings. The first-order valence-corrected chi connectivity index (χ1v) is 11.7. The third kappa shape index (κ3) is 3.74. The SMILES string of the molecule is C[C@@H]1CNCCN1c1cccc2oc(-c3cnc4ccc(OC[C@H]5CCC(=O)C5)nn34)cc12. The van der Waals surface area contributed by atoms with Gasteiger partial charge in [-0.2, -0.15) is 0 Å². The summed E-state index contributed by atoms with van der Waals surface area (Å²) in [7, 11) is 0. The standard InChI is InChI=1S/C25H27N5O3/c1-16-13-26-9-10-29(16)20-3-2-4-22-19(20)12-23(33-22)21-14-27-24-7-8-25(28-30(21)24)32-15-17-5-6-18(31)11-17/h2-4,7-8,12,14,16-17,26H,5-6,9-11,13,15H2,1H3/t16-,17+/m1/s1. The second-order valence-electron chi connectivity index (χ2n) is 9.09. The van der Waals surface area contributed by atoms with Crippen LogP contribution in [0.5, 0.6) is 5.88 Å². The molecule has 1 saturated carbocycles. The van der Waals surface area contributed by atoms with Crippen LogP contribution in [0.3, 0.4) is 0 Å². The first-order valence-electron chi connectivity index (χ1n) is 11.7. The van der Waals surface area contributed by atoms with Crippen molar-refractivity contribution in [3.8, 4) is 17.3 Å². The van der Waals surface area contributed by atoms with Gasteiger partial charge in [-0.3, -0.25) is 4.79 Å². The highest BCUT2D eigenvalue weighted by atomic mass is 16.5. The number of imidazole rings is 1. The zero-order valence-corrected chi connectivity index (χ0v) is 18.7. The van der Waals surface area contributed by atoms with Crippen molar-refractivity contribution in [3.05, 3.63) is 42.6 Å². The van der Waals surface area contributed by atoms with E-state index in [4.69, 9.17) is 9.15 Å². The number of ether oxygens (including phenoxy) is 1. The van der Waals surface area contributed by atoms with Gasteiger partial charge in [0.05, 0.1) is 12.8 Å². The molecule has 1 N–H and O–H groups in total. The van der Waals surface area contributed by atoms with E-state index in [0.717, 1.165) is 54.1 Å². The average Bonchev–Trinajstić information content (AvgIpc) is 3.55. The van der Waals surface area contributed by atoms with Gasteiger partial charge in [-0.1, -0.05) is 6.07 Å². The predicted molar refractivity (Wildman–Crippen MR) is 126 cm³/mol. The Bertz CT molecular complexity index is 1330. The monoisotopic (exact) mass is 445 g/mol. The predicted octanol–water partition coefficient (Wildman–Crippen LogP) is 3.69. The summed E-state index contributed by atoms with van der Waals surface area (Å²) >= 11 is 0. The number of furan rings is 1.